The van der Waals surface area contributed by atoms with E-state index < -0.39 is 5.91 Å². The molecule has 19 heavy (non-hydrogen) atoms. The van der Waals surface area contributed by atoms with Gasteiger partial charge in [-0.05, 0) is 30.5 Å². The molecule has 0 spiro atoms. The molecule has 3 nitrogen and oxygen atoms in total. The quantitative estimate of drug-likeness (QED) is 0.896. The fraction of sp³-hybridized carbons (Fsp3) is 0.250. The molecule has 3 heteroatoms. The largest absolute Gasteiger partial charge is 0.364 e. The van der Waals surface area contributed by atoms with Crippen molar-refractivity contribution in [1.82, 2.24) is 4.98 Å². The van der Waals surface area contributed by atoms with E-state index in [2.05, 4.69) is 50.0 Å². The van der Waals surface area contributed by atoms with Crippen LogP contribution in [0, 0.1) is 6.92 Å². The van der Waals surface area contributed by atoms with Crippen molar-refractivity contribution in [3.8, 4) is 0 Å². The lowest BCUT2D eigenvalue weighted by molar-refractivity contribution is 0.0995. The summed E-state index contributed by atoms with van der Waals surface area (Å²) in [4.78, 5) is 14.1. The second kappa shape index (κ2) is 7.31. The van der Waals surface area contributed by atoms with E-state index in [1.807, 2.05) is 0 Å². The minimum Gasteiger partial charge on any atom is -0.364 e. The van der Waals surface area contributed by atoms with Gasteiger partial charge in [0, 0.05) is 6.20 Å². The molecule has 1 aromatic heterocycles. The summed E-state index contributed by atoms with van der Waals surface area (Å²) in [6.45, 7) is 6.54. The molecule has 0 bridgehead atoms. The van der Waals surface area contributed by atoms with Gasteiger partial charge in [-0.15, -0.1) is 0 Å². The number of aryl methyl sites for hydroxylation is 1. The number of hydrogen-bond acceptors (Lipinski definition) is 2. The number of hydrogen-bond donors (Lipinski definition) is 1. The molecule has 100 valence electrons. The molecule has 0 saturated carbocycles. The first-order chi connectivity index (χ1) is 9.00. The van der Waals surface area contributed by atoms with Crippen molar-refractivity contribution < 1.29 is 4.79 Å². The van der Waals surface area contributed by atoms with Gasteiger partial charge < -0.3 is 5.73 Å². The van der Waals surface area contributed by atoms with Crippen LogP contribution in [0.5, 0.6) is 0 Å². The summed E-state index contributed by atoms with van der Waals surface area (Å²) in [7, 11) is 0. The Morgan fingerprint density at radius 2 is 1.74 bits per heavy atom. The molecule has 0 aliphatic heterocycles. The topological polar surface area (TPSA) is 56.0 Å². The molecule has 1 heterocycles. The van der Waals surface area contributed by atoms with E-state index in [4.69, 9.17) is 5.73 Å². The van der Waals surface area contributed by atoms with Gasteiger partial charge in [0.1, 0.15) is 5.69 Å². The highest BCUT2D eigenvalue weighted by Gasteiger charge is 1.96. The third-order valence-corrected chi connectivity index (χ3v) is 2.66. The van der Waals surface area contributed by atoms with Crippen LogP contribution in [-0.4, -0.2) is 10.9 Å². The lowest BCUT2D eigenvalue weighted by Gasteiger charge is -2.03. The lowest BCUT2D eigenvalue weighted by Crippen LogP contribution is -2.12. The zero-order chi connectivity index (χ0) is 14.3. The molecule has 0 saturated heterocycles. The predicted octanol–water partition coefficient (Wildman–Crippen LogP) is 3.30. The van der Waals surface area contributed by atoms with Crippen molar-refractivity contribution in [1.29, 1.82) is 0 Å². The summed E-state index contributed by atoms with van der Waals surface area (Å²) in [6.07, 6.45) is 1.53. The van der Waals surface area contributed by atoms with E-state index in [9.17, 15) is 4.79 Å². The van der Waals surface area contributed by atoms with Crippen LogP contribution in [0.15, 0.2) is 48.7 Å². The lowest BCUT2D eigenvalue weighted by atomic mass is 10.0. The fourth-order valence-electron chi connectivity index (χ4n) is 1.46. The Morgan fingerprint density at radius 3 is 2.11 bits per heavy atom. The van der Waals surface area contributed by atoms with Crippen LogP contribution < -0.4 is 5.73 Å². The molecular weight excluding hydrogens is 236 g/mol. The standard InChI is InChI=1S/C10H14.C6H6N2O/c1-8(2)10-6-4-9(3)5-7-10;7-6(9)5-3-1-2-4-8-5/h4-8H,1-3H3;1-4H,(H2,7,9). The molecule has 2 N–H and O–H groups in total. The molecule has 0 radical (unpaired) electrons. The van der Waals surface area contributed by atoms with Crippen LogP contribution in [0.25, 0.3) is 0 Å². The van der Waals surface area contributed by atoms with Crippen LogP contribution in [-0.2, 0) is 0 Å². The molecular formula is C16H20N2O. The third-order valence-electron chi connectivity index (χ3n) is 2.66. The summed E-state index contributed by atoms with van der Waals surface area (Å²) < 4.78 is 0. The number of carbonyl (C=O) groups is 1. The van der Waals surface area contributed by atoms with Gasteiger partial charge in [-0.25, -0.2) is 0 Å². The smallest absolute Gasteiger partial charge is 0.267 e. The van der Waals surface area contributed by atoms with Crippen LogP contribution in [0.2, 0.25) is 0 Å². The maximum atomic E-state index is 10.4. The van der Waals surface area contributed by atoms with Gasteiger partial charge >= 0.3 is 0 Å². The predicted molar refractivity (Wildman–Crippen MR) is 78.0 cm³/mol. The molecule has 0 unspecified atom stereocenters. The minimum absolute atomic E-state index is 0.303. The first-order valence-corrected chi connectivity index (χ1v) is 6.28. The average Bonchev–Trinajstić information content (AvgIpc) is 2.41. The number of benzene rings is 1. The normalized spacial score (nSPS) is 9.68. The van der Waals surface area contributed by atoms with E-state index in [1.165, 1.54) is 17.3 Å². The first kappa shape index (κ1) is 14.9. The van der Waals surface area contributed by atoms with E-state index in [1.54, 1.807) is 18.2 Å². The number of nitrogens with zero attached hydrogens (tertiary/aromatic N) is 1. The van der Waals surface area contributed by atoms with Gasteiger partial charge in [0.2, 0.25) is 0 Å². The maximum Gasteiger partial charge on any atom is 0.267 e. The molecule has 0 fully saturated rings. The van der Waals surface area contributed by atoms with E-state index in [0.29, 0.717) is 11.6 Å². The van der Waals surface area contributed by atoms with Crippen molar-refractivity contribution in [2.75, 3.05) is 0 Å². The van der Waals surface area contributed by atoms with Crippen LogP contribution in [0.4, 0.5) is 0 Å². The van der Waals surface area contributed by atoms with Crippen molar-refractivity contribution in [2.45, 2.75) is 26.7 Å². The summed E-state index contributed by atoms with van der Waals surface area (Å²) in [6, 6.07) is 13.7. The van der Waals surface area contributed by atoms with Crippen LogP contribution in [0.1, 0.15) is 41.4 Å². The summed E-state index contributed by atoms with van der Waals surface area (Å²) in [5.74, 6) is 0.163. The summed E-state index contributed by atoms with van der Waals surface area (Å²) in [5, 5.41) is 0. The molecule has 0 aliphatic carbocycles. The van der Waals surface area contributed by atoms with E-state index in [-0.39, 0.29) is 0 Å². The summed E-state index contributed by atoms with van der Waals surface area (Å²) >= 11 is 0. The highest BCUT2D eigenvalue weighted by molar-refractivity contribution is 5.90. The van der Waals surface area contributed by atoms with Gasteiger partial charge in [-0.2, -0.15) is 0 Å². The van der Waals surface area contributed by atoms with Gasteiger partial charge in [-0.3, -0.25) is 9.78 Å². The zero-order valence-corrected chi connectivity index (χ0v) is 11.6. The Hall–Kier alpha value is -2.16. The molecule has 0 aliphatic rings. The number of rotatable bonds is 2. The average molecular weight is 256 g/mol. The number of amides is 1. The van der Waals surface area contributed by atoms with E-state index >= 15 is 0 Å². The van der Waals surface area contributed by atoms with E-state index in [0.717, 1.165) is 0 Å². The number of carbonyl (C=O) groups excluding carboxylic acids is 1. The summed E-state index contributed by atoms with van der Waals surface area (Å²) in [5.41, 5.74) is 7.97. The number of pyridine rings is 1. The number of primary amides is 1. The third kappa shape index (κ3) is 5.34. The number of aromatic nitrogens is 1. The van der Waals surface area contributed by atoms with Crippen molar-refractivity contribution in [2.24, 2.45) is 5.73 Å². The van der Waals surface area contributed by atoms with Gasteiger partial charge in [-0.1, -0.05) is 49.7 Å². The Labute approximate surface area is 114 Å². The monoisotopic (exact) mass is 256 g/mol. The Balaban J connectivity index is 0.000000191. The Morgan fingerprint density at radius 1 is 1.11 bits per heavy atom. The van der Waals surface area contributed by atoms with Gasteiger partial charge in [0.25, 0.3) is 5.91 Å². The Bertz CT molecular complexity index is 504. The van der Waals surface area contributed by atoms with Crippen molar-refractivity contribution in [3.63, 3.8) is 0 Å². The second-order valence-electron chi connectivity index (χ2n) is 4.64. The molecule has 1 aromatic carbocycles. The van der Waals surface area contributed by atoms with Crippen molar-refractivity contribution in [3.05, 3.63) is 65.5 Å². The molecule has 2 rings (SSSR count). The molecule has 2 aromatic rings. The maximum absolute atomic E-state index is 10.4. The zero-order valence-electron chi connectivity index (χ0n) is 11.6. The minimum atomic E-state index is -0.490. The second-order valence-corrected chi connectivity index (χ2v) is 4.64. The fourth-order valence-corrected chi connectivity index (χ4v) is 1.46. The van der Waals surface area contributed by atoms with Gasteiger partial charge in [0.05, 0.1) is 0 Å². The SMILES string of the molecule is Cc1ccc(C(C)C)cc1.NC(=O)c1ccccn1. The highest BCUT2D eigenvalue weighted by atomic mass is 16.1. The van der Waals surface area contributed by atoms with Crippen LogP contribution in [0.3, 0.4) is 0 Å². The van der Waals surface area contributed by atoms with Crippen LogP contribution >= 0.6 is 0 Å². The number of nitrogens with two attached hydrogens (primary N) is 1. The van der Waals surface area contributed by atoms with Gasteiger partial charge in [0.15, 0.2) is 0 Å². The highest BCUT2D eigenvalue weighted by Crippen LogP contribution is 2.13. The first-order valence-electron chi connectivity index (χ1n) is 6.28. The Kier molecular flexibility index (Phi) is 5.73. The molecule has 1 amide bonds. The van der Waals surface area contributed by atoms with Crippen molar-refractivity contribution >= 4 is 5.91 Å². The molecule has 0 atom stereocenters.